The number of carbonyl (C=O) groups is 1. The Balaban J connectivity index is 1.47. The number of benzene rings is 1. The average Bonchev–Trinajstić information content (AvgIpc) is 3.52. The molecule has 5 rings (SSSR count). The van der Waals surface area contributed by atoms with E-state index in [1.54, 1.807) is 12.1 Å². The molecule has 9 nitrogen and oxygen atoms in total. The summed E-state index contributed by atoms with van der Waals surface area (Å²) in [4.78, 5) is 32.2. The number of hydrogen-bond donors (Lipinski definition) is 0. The Morgan fingerprint density at radius 3 is 2.69 bits per heavy atom. The number of morpholine rings is 1. The number of carbonyl (C=O) groups excluding carboxylic acids is 1. The van der Waals surface area contributed by atoms with E-state index in [1.165, 1.54) is 17.6 Å². The minimum Gasteiger partial charge on any atom is -0.463 e. The molecule has 1 saturated heterocycles. The van der Waals surface area contributed by atoms with Crippen molar-refractivity contribution in [2.75, 3.05) is 31.2 Å². The number of furan rings is 1. The number of esters is 1. The van der Waals surface area contributed by atoms with Gasteiger partial charge >= 0.3 is 5.97 Å². The molecule has 10 heteroatoms. The van der Waals surface area contributed by atoms with Gasteiger partial charge in [0.2, 0.25) is 0 Å². The van der Waals surface area contributed by atoms with E-state index in [4.69, 9.17) is 13.9 Å². The average molecular weight is 452 g/mol. The lowest BCUT2D eigenvalue weighted by molar-refractivity contribution is -0.146. The van der Waals surface area contributed by atoms with Gasteiger partial charge in [-0.2, -0.15) is 5.10 Å². The second-order valence-electron chi connectivity index (χ2n) is 7.21. The van der Waals surface area contributed by atoms with Crippen LogP contribution in [0.5, 0.6) is 0 Å². The Kier molecular flexibility index (Phi) is 5.70. The number of aromatic nitrogens is 3. The summed E-state index contributed by atoms with van der Waals surface area (Å²) in [5.74, 6) is -0.0598. The van der Waals surface area contributed by atoms with Crippen molar-refractivity contribution in [1.29, 1.82) is 0 Å². The van der Waals surface area contributed by atoms with Crippen molar-refractivity contribution >= 4 is 32.7 Å². The number of hydrogen-bond acceptors (Lipinski definition) is 9. The SMILES string of the molecule is O=C(Cn1nc(-c2ccco2)c2sc(N3CCOCC3)nc2c1=O)OCc1ccccc1. The zero-order valence-corrected chi connectivity index (χ0v) is 17.9. The largest absolute Gasteiger partial charge is 0.463 e. The van der Waals surface area contributed by atoms with E-state index in [0.717, 1.165) is 15.4 Å². The lowest BCUT2D eigenvalue weighted by atomic mass is 10.2. The highest BCUT2D eigenvalue weighted by Crippen LogP contribution is 2.34. The Bertz CT molecular complexity index is 1280. The molecule has 0 bridgehead atoms. The van der Waals surface area contributed by atoms with Gasteiger partial charge in [-0.05, 0) is 17.7 Å². The van der Waals surface area contributed by atoms with Crippen molar-refractivity contribution in [3.05, 3.63) is 64.6 Å². The van der Waals surface area contributed by atoms with Gasteiger partial charge in [0.15, 0.2) is 16.4 Å². The lowest BCUT2D eigenvalue weighted by Gasteiger charge is -2.25. The molecule has 0 atom stereocenters. The zero-order chi connectivity index (χ0) is 21.9. The minimum atomic E-state index is -0.558. The fraction of sp³-hybridized carbons (Fsp3) is 0.273. The summed E-state index contributed by atoms with van der Waals surface area (Å²) in [5, 5.41) is 5.15. The molecule has 0 amide bonds. The molecule has 1 fully saturated rings. The molecule has 0 unspecified atom stereocenters. The molecule has 0 aliphatic carbocycles. The van der Waals surface area contributed by atoms with Gasteiger partial charge < -0.3 is 18.8 Å². The molecule has 164 valence electrons. The summed E-state index contributed by atoms with van der Waals surface area (Å²) in [5.41, 5.74) is 1.15. The number of rotatable bonds is 6. The monoisotopic (exact) mass is 452 g/mol. The molecule has 3 aromatic heterocycles. The first-order valence-corrected chi connectivity index (χ1v) is 11.0. The van der Waals surface area contributed by atoms with Crippen LogP contribution in [0.1, 0.15) is 5.56 Å². The smallest absolute Gasteiger partial charge is 0.328 e. The zero-order valence-electron chi connectivity index (χ0n) is 17.1. The van der Waals surface area contributed by atoms with Crippen molar-refractivity contribution in [1.82, 2.24) is 14.8 Å². The van der Waals surface area contributed by atoms with Gasteiger partial charge in [0.25, 0.3) is 5.56 Å². The first kappa shape index (κ1) is 20.4. The standard InChI is InChI=1S/C22H20N4O5S/c27-17(31-14-15-5-2-1-3-6-15)13-26-21(28)19-20(18(24-26)16-7-4-10-30-16)32-22(23-19)25-8-11-29-12-9-25/h1-7,10H,8-9,11-14H2. The fourth-order valence-corrected chi connectivity index (χ4v) is 4.52. The topological polar surface area (TPSA) is 99.7 Å². The maximum Gasteiger partial charge on any atom is 0.328 e. The van der Waals surface area contributed by atoms with Crippen LogP contribution >= 0.6 is 11.3 Å². The number of nitrogens with zero attached hydrogens (tertiary/aromatic N) is 4. The second kappa shape index (κ2) is 8.93. The van der Waals surface area contributed by atoms with Crippen LogP contribution < -0.4 is 10.5 Å². The van der Waals surface area contributed by atoms with Gasteiger partial charge in [-0.3, -0.25) is 9.59 Å². The highest BCUT2D eigenvalue weighted by atomic mass is 32.1. The maximum atomic E-state index is 13.1. The Hall–Kier alpha value is -3.50. The first-order chi connectivity index (χ1) is 15.7. The number of anilines is 1. The van der Waals surface area contributed by atoms with Crippen LogP contribution in [0.2, 0.25) is 0 Å². The summed E-state index contributed by atoms with van der Waals surface area (Å²) >= 11 is 1.39. The summed E-state index contributed by atoms with van der Waals surface area (Å²) in [6.07, 6.45) is 1.54. The summed E-state index contributed by atoms with van der Waals surface area (Å²) in [7, 11) is 0. The van der Waals surface area contributed by atoms with Crippen LogP contribution in [0, 0.1) is 0 Å². The molecule has 0 saturated carbocycles. The van der Waals surface area contributed by atoms with Crippen LogP contribution in [-0.4, -0.2) is 47.0 Å². The molecule has 0 spiro atoms. The van der Waals surface area contributed by atoms with Crippen molar-refractivity contribution in [3.8, 4) is 11.5 Å². The Labute approximate surface area is 186 Å². The minimum absolute atomic E-state index is 0.125. The van der Waals surface area contributed by atoms with E-state index in [2.05, 4.69) is 15.0 Å². The predicted molar refractivity (Wildman–Crippen MR) is 119 cm³/mol. The number of ether oxygens (including phenoxy) is 2. The van der Waals surface area contributed by atoms with E-state index < -0.39 is 11.5 Å². The van der Waals surface area contributed by atoms with E-state index >= 15 is 0 Å². The fourth-order valence-electron chi connectivity index (χ4n) is 3.43. The number of fused-ring (bicyclic) bond motifs is 1. The third-order valence-electron chi connectivity index (χ3n) is 5.05. The highest BCUT2D eigenvalue weighted by molar-refractivity contribution is 7.22. The van der Waals surface area contributed by atoms with Crippen LogP contribution in [0.15, 0.2) is 57.9 Å². The van der Waals surface area contributed by atoms with E-state index in [1.807, 2.05) is 30.3 Å². The van der Waals surface area contributed by atoms with Crippen LogP contribution in [0.4, 0.5) is 5.13 Å². The van der Waals surface area contributed by atoms with Gasteiger partial charge in [-0.15, -0.1) is 0 Å². The summed E-state index contributed by atoms with van der Waals surface area (Å²) in [6.45, 7) is 2.42. The van der Waals surface area contributed by atoms with Crippen molar-refractivity contribution in [3.63, 3.8) is 0 Å². The molecule has 1 aliphatic heterocycles. The quantitative estimate of drug-likeness (QED) is 0.412. The first-order valence-electron chi connectivity index (χ1n) is 10.2. The molecule has 1 aromatic carbocycles. The third kappa shape index (κ3) is 4.14. The third-order valence-corrected chi connectivity index (χ3v) is 6.17. The highest BCUT2D eigenvalue weighted by Gasteiger charge is 2.23. The molecule has 32 heavy (non-hydrogen) atoms. The van der Waals surface area contributed by atoms with Crippen molar-refractivity contribution < 1.29 is 18.7 Å². The van der Waals surface area contributed by atoms with E-state index in [-0.39, 0.29) is 18.7 Å². The van der Waals surface area contributed by atoms with Crippen LogP contribution in [0.3, 0.4) is 0 Å². The van der Waals surface area contributed by atoms with Crippen molar-refractivity contribution in [2.24, 2.45) is 0 Å². The Morgan fingerprint density at radius 2 is 1.94 bits per heavy atom. The van der Waals surface area contributed by atoms with Gasteiger partial charge in [-0.25, -0.2) is 9.67 Å². The normalized spacial score (nSPS) is 14.1. The van der Waals surface area contributed by atoms with Gasteiger partial charge in [-0.1, -0.05) is 41.7 Å². The molecule has 0 radical (unpaired) electrons. The molecule has 4 heterocycles. The van der Waals surface area contributed by atoms with E-state index in [9.17, 15) is 9.59 Å². The molecular weight excluding hydrogens is 432 g/mol. The predicted octanol–water partition coefficient (Wildman–Crippen LogP) is 2.69. The molecule has 1 aliphatic rings. The maximum absolute atomic E-state index is 13.1. The van der Waals surface area contributed by atoms with Gasteiger partial charge in [0.05, 0.1) is 24.2 Å². The molecule has 4 aromatic rings. The van der Waals surface area contributed by atoms with E-state index in [0.29, 0.717) is 42.5 Å². The van der Waals surface area contributed by atoms with Gasteiger partial charge in [0.1, 0.15) is 18.8 Å². The Morgan fingerprint density at radius 1 is 1.12 bits per heavy atom. The summed E-state index contributed by atoms with van der Waals surface area (Å²) < 4.78 is 18.0. The molecular formula is C22H20N4O5S. The lowest BCUT2D eigenvalue weighted by Crippen LogP contribution is -2.36. The summed E-state index contributed by atoms with van der Waals surface area (Å²) in [6, 6.07) is 12.9. The molecule has 0 N–H and O–H groups in total. The van der Waals surface area contributed by atoms with Crippen LogP contribution in [-0.2, 0) is 27.4 Å². The van der Waals surface area contributed by atoms with Crippen LogP contribution in [0.25, 0.3) is 21.7 Å². The van der Waals surface area contributed by atoms with Crippen molar-refractivity contribution in [2.45, 2.75) is 13.2 Å². The number of thiazole rings is 1. The van der Waals surface area contributed by atoms with Gasteiger partial charge in [0, 0.05) is 13.1 Å². The second-order valence-corrected chi connectivity index (χ2v) is 8.19.